The van der Waals surface area contributed by atoms with Crippen LogP contribution in [-0.4, -0.2) is 70.7 Å². The van der Waals surface area contributed by atoms with Gasteiger partial charge < -0.3 is 10.6 Å². The average Bonchev–Trinajstić information content (AvgIpc) is 2.91. The molecule has 0 radical (unpaired) electrons. The molecular weight excluding hydrogens is 312 g/mol. The van der Waals surface area contributed by atoms with Gasteiger partial charge in [0, 0.05) is 50.3 Å². The van der Waals surface area contributed by atoms with Crippen molar-refractivity contribution in [2.45, 2.75) is 63.6 Å². The number of piperidine rings is 1. The lowest BCUT2D eigenvalue weighted by molar-refractivity contribution is 0.176. The van der Waals surface area contributed by atoms with Crippen molar-refractivity contribution in [1.29, 1.82) is 0 Å². The Hall–Kier alpha value is -1.24. The number of aromatic nitrogens is 2. The highest BCUT2D eigenvalue weighted by molar-refractivity contribution is 5.38. The topological polar surface area (TPSA) is 61.5 Å². The van der Waals surface area contributed by atoms with Crippen LogP contribution in [0.5, 0.6) is 0 Å². The Morgan fingerprint density at radius 3 is 2.16 bits per heavy atom. The number of nitrogens with two attached hydrogens (primary N) is 1. The second-order valence-corrected chi connectivity index (χ2v) is 8.23. The molecule has 6 heteroatoms. The van der Waals surface area contributed by atoms with Gasteiger partial charge >= 0.3 is 0 Å². The SMILES string of the molecule is CC(C)N1CC2CCC(C1)N2c1ncc(C2CCN(CN)CC2)cn1. The summed E-state index contributed by atoms with van der Waals surface area (Å²) in [7, 11) is 0. The zero-order valence-electron chi connectivity index (χ0n) is 15.6. The van der Waals surface area contributed by atoms with Crippen molar-refractivity contribution in [3.8, 4) is 0 Å². The Bertz CT molecular complexity index is 552. The van der Waals surface area contributed by atoms with Crippen molar-refractivity contribution in [3.63, 3.8) is 0 Å². The average molecular weight is 345 g/mol. The first-order valence-electron chi connectivity index (χ1n) is 9.92. The van der Waals surface area contributed by atoms with E-state index in [2.05, 4.69) is 40.9 Å². The summed E-state index contributed by atoms with van der Waals surface area (Å²) in [6.45, 7) is 9.75. The van der Waals surface area contributed by atoms with E-state index in [0.29, 0.717) is 30.7 Å². The van der Waals surface area contributed by atoms with Crippen LogP contribution in [0, 0.1) is 0 Å². The molecule has 0 amide bonds. The predicted molar refractivity (Wildman–Crippen MR) is 101 cm³/mol. The lowest BCUT2D eigenvalue weighted by Crippen LogP contribution is -2.56. The van der Waals surface area contributed by atoms with E-state index in [9.17, 15) is 0 Å². The maximum absolute atomic E-state index is 5.74. The fourth-order valence-electron chi connectivity index (χ4n) is 4.81. The van der Waals surface area contributed by atoms with Gasteiger partial charge in [0.15, 0.2) is 0 Å². The Labute approximate surface area is 151 Å². The van der Waals surface area contributed by atoms with E-state index in [1.165, 1.54) is 18.4 Å². The summed E-state index contributed by atoms with van der Waals surface area (Å²) in [6, 6.07) is 1.80. The molecule has 1 aromatic heterocycles. The van der Waals surface area contributed by atoms with Gasteiger partial charge in [0.2, 0.25) is 5.95 Å². The summed E-state index contributed by atoms with van der Waals surface area (Å²) >= 11 is 0. The van der Waals surface area contributed by atoms with Crippen molar-refractivity contribution in [2.75, 3.05) is 37.7 Å². The Kier molecular flexibility index (Phi) is 4.93. The van der Waals surface area contributed by atoms with Crippen LogP contribution in [0.3, 0.4) is 0 Å². The van der Waals surface area contributed by atoms with Gasteiger partial charge in [-0.15, -0.1) is 0 Å². The van der Waals surface area contributed by atoms with Crippen LogP contribution in [0.2, 0.25) is 0 Å². The van der Waals surface area contributed by atoms with E-state index in [4.69, 9.17) is 15.7 Å². The van der Waals surface area contributed by atoms with Crippen molar-refractivity contribution >= 4 is 5.95 Å². The van der Waals surface area contributed by atoms with Gasteiger partial charge in [0.05, 0.1) is 0 Å². The van der Waals surface area contributed by atoms with Crippen molar-refractivity contribution in [3.05, 3.63) is 18.0 Å². The van der Waals surface area contributed by atoms with Crippen LogP contribution >= 0.6 is 0 Å². The molecule has 0 saturated carbocycles. The molecule has 0 aromatic carbocycles. The van der Waals surface area contributed by atoms with Crippen molar-refractivity contribution in [1.82, 2.24) is 19.8 Å². The normalized spacial score (nSPS) is 28.9. The summed E-state index contributed by atoms with van der Waals surface area (Å²) in [5.41, 5.74) is 7.04. The van der Waals surface area contributed by atoms with Crippen LogP contribution in [0.15, 0.2) is 12.4 Å². The first kappa shape index (κ1) is 17.2. The number of rotatable bonds is 4. The van der Waals surface area contributed by atoms with E-state index >= 15 is 0 Å². The van der Waals surface area contributed by atoms with Crippen LogP contribution in [-0.2, 0) is 0 Å². The largest absolute Gasteiger partial charge is 0.332 e. The van der Waals surface area contributed by atoms with E-state index in [1.54, 1.807) is 0 Å². The number of hydrogen-bond donors (Lipinski definition) is 1. The zero-order valence-corrected chi connectivity index (χ0v) is 15.6. The van der Waals surface area contributed by atoms with Crippen molar-refractivity contribution < 1.29 is 0 Å². The molecule has 3 aliphatic rings. The molecule has 0 aliphatic carbocycles. The van der Waals surface area contributed by atoms with Crippen LogP contribution < -0.4 is 10.6 Å². The monoisotopic (exact) mass is 344 g/mol. The maximum atomic E-state index is 5.74. The lowest BCUT2D eigenvalue weighted by Gasteiger charge is -2.42. The van der Waals surface area contributed by atoms with E-state index in [0.717, 1.165) is 45.0 Å². The van der Waals surface area contributed by atoms with Crippen LogP contribution in [0.25, 0.3) is 0 Å². The standard InChI is InChI=1S/C19H32N6/c1-14(2)24-11-17-3-4-18(12-24)25(17)19-21-9-16(10-22-19)15-5-7-23(13-20)8-6-15/h9-10,14-15,17-18H,3-8,11-13,20H2,1-2H3. The fourth-order valence-corrected chi connectivity index (χ4v) is 4.81. The predicted octanol–water partition coefficient (Wildman–Crippen LogP) is 1.63. The second kappa shape index (κ2) is 7.17. The van der Waals surface area contributed by atoms with Crippen LogP contribution in [0.1, 0.15) is 51.0 Å². The molecule has 3 saturated heterocycles. The highest BCUT2D eigenvalue weighted by Crippen LogP contribution is 2.34. The number of anilines is 1. The van der Waals surface area contributed by atoms with E-state index in [1.807, 2.05) is 0 Å². The first-order chi connectivity index (χ1) is 12.2. The number of likely N-dealkylation sites (tertiary alicyclic amines) is 2. The van der Waals surface area contributed by atoms with E-state index < -0.39 is 0 Å². The molecule has 0 spiro atoms. The molecule has 4 heterocycles. The molecule has 3 fully saturated rings. The number of piperazine rings is 1. The molecule has 2 N–H and O–H groups in total. The Morgan fingerprint density at radius 2 is 1.64 bits per heavy atom. The van der Waals surface area contributed by atoms with Gasteiger partial charge in [0.25, 0.3) is 0 Å². The maximum Gasteiger partial charge on any atom is 0.225 e. The van der Waals surface area contributed by atoms with Gasteiger partial charge in [-0.2, -0.15) is 0 Å². The van der Waals surface area contributed by atoms with Crippen molar-refractivity contribution in [2.24, 2.45) is 5.73 Å². The Balaban J connectivity index is 1.43. The molecule has 2 unspecified atom stereocenters. The minimum absolute atomic E-state index is 0.583. The zero-order chi connectivity index (χ0) is 17.4. The molecule has 25 heavy (non-hydrogen) atoms. The molecule has 2 bridgehead atoms. The smallest absolute Gasteiger partial charge is 0.225 e. The third kappa shape index (κ3) is 3.39. The van der Waals surface area contributed by atoms with Gasteiger partial charge in [-0.05, 0) is 64.1 Å². The molecular formula is C19H32N6. The molecule has 4 rings (SSSR count). The molecule has 3 aliphatic heterocycles. The minimum Gasteiger partial charge on any atom is -0.332 e. The minimum atomic E-state index is 0.583. The van der Waals surface area contributed by atoms with Gasteiger partial charge in [-0.1, -0.05) is 0 Å². The molecule has 138 valence electrons. The summed E-state index contributed by atoms with van der Waals surface area (Å²) in [5.74, 6) is 1.53. The summed E-state index contributed by atoms with van der Waals surface area (Å²) < 4.78 is 0. The van der Waals surface area contributed by atoms with Gasteiger partial charge in [-0.25, -0.2) is 9.97 Å². The highest BCUT2D eigenvalue weighted by atomic mass is 15.4. The van der Waals surface area contributed by atoms with Gasteiger partial charge in [-0.3, -0.25) is 9.80 Å². The van der Waals surface area contributed by atoms with Gasteiger partial charge in [0.1, 0.15) is 0 Å². The summed E-state index contributed by atoms with van der Waals surface area (Å²) in [4.78, 5) is 17.0. The number of hydrogen-bond acceptors (Lipinski definition) is 6. The summed E-state index contributed by atoms with van der Waals surface area (Å²) in [5, 5.41) is 0. The van der Waals surface area contributed by atoms with Crippen LogP contribution in [0.4, 0.5) is 5.95 Å². The lowest BCUT2D eigenvalue weighted by atomic mass is 9.91. The third-order valence-electron chi connectivity index (χ3n) is 6.45. The fraction of sp³-hybridized carbons (Fsp3) is 0.789. The number of nitrogens with zero attached hydrogens (tertiary/aromatic N) is 5. The highest BCUT2D eigenvalue weighted by Gasteiger charge is 2.41. The van der Waals surface area contributed by atoms with E-state index in [-0.39, 0.29) is 0 Å². The Morgan fingerprint density at radius 1 is 1.04 bits per heavy atom. The first-order valence-corrected chi connectivity index (χ1v) is 9.92. The molecule has 2 atom stereocenters. The molecule has 1 aromatic rings. The molecule has 6 nitrogen and oxygen atoms in total. The third-order valence-corrected chi connectivity index (χ3v) is 6.45. The summed E-state index contributed by atoms with van der Waals surface area (Å²) in [6.07, 6.45) is 9.04. The number of fused-ring (bicyclic) bond motifs is 2. The second-order valence-electron chi connectivity index (χ2n) is 8.23. The quantitative estimate of drug-likeness (QED) is 0.896.